The maximum atomic E-state index is 12.8. The van der Waals surface area contributed by atoms with Crippen molar-refractivity contribution in [1.82, 2.24) is 20.2 Å². The number of nitrogens with zero attached hydrogens (tertiary/aromatic N) is 2. The van der Waals surface area contributed by atoms with Crippen molar-refractivity contribution in [2.75, 3.05) is 13.1 Å². The summed E-state index contributed by atoms with van der Waals surface area (Å²) in [7, 11) is 0. The van der Waals surface area contributed by atoms with Crippen molar-refractivity contribution in [2.45, 2.75) is 52.5 Å². The Kier molecular flexibility index (Phi) is 4.58. The second-order valence-electron chi connectivity index (χ2n) is 7.03. The Balaban J connectivity index is 2.40. The van der Waals surface area contributed by atoms with Crippen LogP contribution in [-0.2, 0) is 10.2 Å². The van der Waals surface area contributed by atoms with E-state index in [1.807, 2.05) is 27.7 Å². The molecule has 7 nitrogen and oxygen atoms in total. The summed E-state index contributed by atoms with van der Waals surface area (Å²) in [6.07, 6.45) is 0.232. The molecule has 1 aliphatic heterocycles. The number of aromatic nitrogens is 2. The van der Waals surface area contributed by atoms with Gasteiger partial charge in [0.05, 0.1) is 5.69 Å². The minimum Gasteiger partial charge on any atom is -0.354 e. The highest BCUT2D eigenvalue weighted by atomic mass is 16.2. The summed E-state index contributed by atoms with van der Waals surface area (Å²) < 4.78 is 0. The molecule has 0 radical (unpaired) electrons. The van der Waals surface area contributed by atoms with E-state index >= 15 is 0 Å². The first kappa shape index (κ1) is 17.2. The highest BCUT2D eigenvalue weighted by Gasteiger charge is 2.30. The molecule has 1 unspecified atom stereocenters. The Morgan fingerprint density at radius 1 is 1.30 bits per heavy atom. The zero-order chi connectivity index (χ0) is 17.4. The predicted octanol–water partition coefficient (Wildman–Crippen LogP) is 0.726. The van der Waals surface area contributed by atoms with E-state index in [0.717, 1.165) is 0 Å². The van der Waals surface area contributed by atoms with Crippen LogP contribution in [0.25, 0.3) is 0 Å². The standard InChI is InChI=1S/C16H24N4O3/c1-9-8-11(21)17-6-7-20(9)14(23)12-10(2)18-15(16(3,4)5)19-13(12)22/h9H,6-8H2,1-5H3,(H,17,21)(H,18,19,22). The Hall–Kier alpha value is -2.18. The maximum absolute atomic E-state index is 12.8. The molecular formula is C16H24N4O3. The van der Waals surface area contributed by atoms with Crippen LogP contribution in [-0.4, -0.2) is 45.8 Å². The van der Waals surface area contributed by atoms with E-state index in [2.05, 4.69) is 15.3 Å². The lowest BCUT2D eigenvalue weighted by atomic mass is 9.95. The van der Waals surface area contributed by atoms with Gasteiger partial charge in [0, 0.05) is 31.0 Å². The number of H-pyrrole nitrogens is 1. The predicted molar refractivity (Wildman–Crippen MR) is 86.4 cm³/mol. The van der Waals surface area contributed by atoms with Crippen LogP contribution >= 0.6 is 0 Å². The fourth-order valence-electron chi connectivity index (χ4n) is 2.63. The molecule has 2 rings (SSSR count). The van der Waals surface area contributed by atoms with Crippen LogP contribution in [0.3, 0.4) is 0 Å². The highest BCUT2D eigenvalue weighted by molar-refractivity contribution is 5.95. The van der Waals surface area contributed by atoms with Crippen molar-refractivity contribution < 1.29 is 9.59 Å². The van der Waals surface area contributed by atoms with Gasteiger partial charge in [0.25, 0.3) is 11.5 Å². The minimum absolute atomic E-state index is 0.0548. The monoisotopic (exact) mass is 320 g/mol. The summed E-state index contributed by atoms with van der Waals surface area (Å²) in [5.41, 5.74) is -0.265. The number of rotatable bonds is 1. The number of aromatic amines is 1. The van der Waals surface area contributed by atoms with Crippen LogP contribution < -0.4 is 10.9 Å². The Morgan fingerprint density at radius 2 is 1.96 bits per heavy atom. The molecule has 1 fully saturated rings. The van der Waals surface area contributed by atoms with Crippen LogP contribution in [0.5, 0.6) is 0 Å². The quantitative estimate of drug-likeness (QED) is 0.797. The van der Waals surface area contributed by atoms with E-state index < -0.39 is 5.56 Å². The maximum Gasteiger partial charge on any atom is 0.264 e. The largest absolute Gasteiger partial charge is 0.354 e. The third-order valence-corrected chi connectivity index (χ3v) is 3.97. The molecule has 2 heterocycles. The molecule has 0 aromatic carbocycles. The molecule has 1 aromatic heterocycles. The van der Waals surface area contributed by atoms with Crippen molar-refractivity contribution in [2.24, 2.45) is 0 Å². The number of nitrogens with one attached hydrogen (secondary N) is 2. The lowest BCUT2D eigenvalue weighted by molar-refractivity contribution is -0.121. The van der Waals surface area contributed by atoms with Crippen LogP contribution in [0.4, 0.5) is 0 Å². The van der Waals surface area contributed by atoms with Gasteiger partial charge in [-0.3, -0.25) is 14.4 Å². The number of aryl methyl sites for hydroxylation is 1. The van der Waals surface area contributed by atoms with Crippen molar-refractivity contribution in [3.8, 4) is 0 Å². The van der Waals surface area contributed by atoms with Gasteiger partial charge >= 0.3 is 0 Å². The molecule has 1 atom stereocenters. The van der Waals surface area contributed by atoms with Crippen molar-refractivity contribution in [3.05, 3.63) is 27.4 Å². The van der Waals surface area contributed by atoms with E-state index in [0.29, 0.717) is 24.6 Å². The molecular weight excluding hydrogens is 296 g/mol. The summed E-state index contributed by atoms with van der Waals surface area (Å²) in [6.45, 7) is 10.1. The van der Waals surface area contributed by atoms with E-state index in [-0.39, 0.29) is 35.3 Å². The first-order valence-electron chi connectivity index (χ1n) is 7.80. The van der Waals surface area contributed by atoms with Gasteiger partial charge in [-0.15, -0.1) is 0 Å². The average Bonchev–Trinajstić information content (AvgIpc) is 2.57. The minimum atomic E-state index is -0.428. The molecule has 7 heteroatoms. The van der Waals surface area contributed by atoms with Gasteiger partial charge in [0.15, 0.2) is 0 Å². The molecule has 0 spiro atoms. The van der Waals surface area contributed by atoms with Crippen molar-refractivity contribution in [3.63, 3.8) is 0 Å². The molecule has 1 saturated heterocycles. The second-order valence-corrected chi connectivity index (χ2v) is 7.03. The zero-order valence-corrected chi connectivity index (χ0v) is 14.3. The van der Waals surface area contributed by atoms with Crippen molar-refractivity contribution >= 4 is 11.8 Å². The number of hydrogen-bond donors (Lipinski definition) is 2. The lowest BCUT2D eigenvalue weighted by Crippen LogP contribution is -2.43. The van der Waals surface area contributed by atoms with E-state index in [1.54, 1.807) is 11.8 Å². The van der Waals surface area contributed by atoms with Crippen LogP contribution in [0, 0.1) is 6.92 Å². The molecule has 1 aromatic rings. The SMILES string of the molecule is Cc1nc(C(C)(C)C)[nH]c(=O)c1C(=O)N1CCNC(=O)CC1C. The van der Waals surface area contributed by atoms with Crippen LogP contribution in [0.1, 0.15) is 56.0 Å². The van der Waals surface area contributed by atoms with Gasteiger partial charge in [0.1, 0.15) is 11.4 Å². The summed E-state index contributed by atoms with van der Waals surface area (Å²) in [4.78, 5) is 45.5. The van der Waals surface area contributed by atoms with Gasteiger partial charge in [-0.05, 0) is 13.8 Å². The van der Waals surface area contributed by atoms with Crippen LogP contribution in [0.15, 0.2) is 4.79 Å². The number of amides is 2. The Morgan fingerprint density at radius 3 is 2.52 bits per heavy atom. The summed E-state index contributed by atoms with van der Waals surface area (Å²) >= 11 is 0. The molecule has 0 bridgehead atoms. The lowest BCUT2D eigenvalue weighted by Gasteiger charge is -2.26. The molecule has 0 aliphatic carbocycles. The first-order chi connectivity index (χ1) is 10.6. The van der Waals surface area contributed by atoms with Crippen molar-refractivity contribution in [1.29, 1.82) is 0 Å². The summed E-state index contributed by atoms with van der Waals surface area (Å²) in [6, 6.07) is -0.258. The summed E-state index contributed by atoms with van der Waals surface area (Å²) in [5.74, 6) is 0.0951. The molecule has 126 valence electrons. The molecule has 2 amide bonds. The average molecular weight is 320 g/mol. The van der Waals surface area contributed by atoms with Gasteiger partial charge in [-0.1, -0.05) is 20.8 Å². The fraction of sp³-hybridized carbons (Fsp3) is 0.625. The van der Waals surface area contributed by atoms with E-state index in [1.165, 1.54) is 0 Å². The first-order valence-corrected chi connectivity index (χ1v) is 7.80. The fourth-order valence-corrected chi connectivity index (χ4v) is 2.63. The topological polar surface area (TPSA) is 95.2 Å². The van der Waals surface area contributed by atoms with E-state index in [9.17, 15) is 14.4 Å². The third-order valence-electron chi connectivity index (χ3n) is 3.97. The Labute approximate surface area is 135 Å². The highest BCUT2D eigenvalue weighted by Crippen LogP contribution is 2.18. The van der Waals surface area contributed by atoms with Gasteiger partial charge in [0.2, 0.25) is 5.91 Å². The molecule has 1 aliphatic rings. The van der Waals surface area contributed by atoms with E-state index in [4.69, 9.17) is 0 Å². The van der Waals surface area contributed by atoms with Gasteiger partial charge in [-0.2, -0.15) is 0 Å². The number of carbonyl (C=O) groups is 2. The number of carbonyl (C=O) groups excluding carboxylic acids is 2. The Bertz CT molecular complexity index is 688. The molecule has 2 N–H and O–H groups in total. The van der Waals surface area contributed by atoms with Crippen LogP contribution in [0.2, 0.25) is 0 Å². The second kappa shape index (κ2) is 6.14. The van der Waals surface area contributed by atoms with Gasteiger partial charge in [-0.25, -0.2) is 4.98 Å². The molecule has 23 heavy (non-hydrogen) atoms. The molecule has 0 saturated carbocycles. The normalized spacial score (nSPS) is 19.3. The van der Waals surface area contributed by atoms with Gasteiger partial charge < -0.3 is 15.2 Å². The third kappa shape index (κ3) is 3.60. The number of hydrogen-bond acceptors (Lipinski definition) is 4. The smallest absolute Gasteiger partial charge is 0.264 e. The summed E-state index contributed by atoms with van der Waals surface area (Å²) in [5, 5.41) is 2.74. The zero-order valence-electron chi connectivity index (χ0n) is 14.3.